The van der Waals surface area contributed by atoms with Gasteiger partial charge >= 0.3 is 0 Å². The maximum atomic E-state index is 13.1. The number of nitrogens with one attached hydrogen (secondary N) is 6. The van der Waals surface area contributed by atoms with Gasteiger partial charge in [0.05, 0.1) is 25.1 Å². The lowest BCUT2D eigenvalue weighted by Crippen LogP contribution is -2.68. The highest BCUT2D eigenvalue weighted by atomic mass is 31.0. The minimum atomic E-state index is -1.18. The zero-order valence-corrected chi connectivity index (χ0v) is 28.9. The Bertz CT molecular complexity index is 933. The molecule has 1 aliphatic heterocycles. The Morgan fingerprint density at radius 2 is 1.63 bits per heavy atom. The van der Waals surface area contributed by atoms with Gasteiger partial charge < -0.3 is 45.3 Å². The van der Waals surface area contributed by atoms with Crippen LogP contribution in [0.4, 0.5) is 0 Å². The number of hydrogen-bond donors (Lipinski definition) is 9. The van der Waals surface area contributed by atoms with Crippen LogP contribution in [0.3, 0.4) is 0 Å². The van der Waals surface area contributed by atoms with E-state index >= 15 is 0 Å². The van der Waals surface area contributed by atoms with Crippen molar-refractivity contribution in [2.24, 2.45) is 0 Å². The van der Waals surface area contributed by atoms with Gasteiger partial charge in [-0.3, -0.25) is 20.1 Å². The Hall–Kier alpha value is -0.0300. The van der Waals surface area contributed by atoms with E-state index in [2.05, 4.69) is 68.5 Å². The fourth-order valence-corrected chi connectivity index (χ4v) is 6.59. The van der Waals surface area contributed by atoms with Crippen LogP contribution in [-0.2, 0) is 25.4 Å². The summed E-state index contributed by atoms with van der Waals surface area (Å²) in [5.41, 5.74) is 0.887. The third-order valence-corrected chi connectivity index (χ3v) is 9.10. The molecule has 1 amide bonds. The predicted molar refractivity (Wildman–Crippen MR) is 179 cm³/mol. The summed E-state index contributed by atoms with van der Waals surface area (Å²) in [6.07, 6.45) is -4.16. The first-order chi connectivity index (χ1) is 20.8. The molecule has 17 heteroatoms. The van der Waals surface area contributed by atoms with Gasteiger partial charge in [0.1, 0.15) is 36.6 Å². The van der Waals surface area contributed by atoms with Gasteiger partial charge in [0.2, 0.25) is 5.91 Å². The molecule has 2 fully saturated rings. The van der Waals surface area contributed by atoms with Crippen LogP contribution in [0, 0.1) is 0 Å². The average Bonchev–Trinajstić information content (AvgIpc) is 3.00. The summed E-state index contributed by atoms with van der Waals surface area (Å²) in [6, 6.07) is 7.77. The quantitative estimate of drug-likeness (QED) is 0.0637. The minimum Gasteiger partial charge on any atom is -0.388 e. The van der Waals surface area contributed by atoms with Crippen LogP contribution >= 0.6 is 37.6 Å². The molecule has 1 aliphatic carbocycles. The molecule has 246 valence electrons. The number of carbonyl (C=O) groups excluding carboxylic acids is 1. The molecule has 1 saturated heterocycles. The summed E-state index contributed by atoms with van der Waals surface area (Å²) in [5, 5.41) is 51.4. The molecule has 43 heavy (non-hydrogen) atoms. The molecule has 1 aromatic carbocycles. The van der Waals surface area contributed by atoms with Crippen LogP contribution in [0.5, 0.6) is 0 Å². The number of ether oxygens (including phenoxy) is 3. The van der Waals surface area contributed by atoms with E-state index in [1.54, 1.807) is 0 Å². The van der Waals surface area contributed by atoms with Gasteiger partial charge in [-0.1, -0.05) is 67.9 Å². The lowest BCUT2D eigenvalue weighted by molar-refractivity contribution is -0.292. The van der Waals surface area contributed by atoms with E-state index < -0.39 is 61.0 Å². The van der Waals surface area contributed by atoms with Crippen molar-refractivity contribution in [2.45, 2.75) is 86.7 Å². The van der Waals surface area contributed by atoms with E-state index in [0.717, 1.165) is 31.5 Å². The number of amides is 1. The van der Waals surface area contributed by atoms with Gasteiger partial charge in [-0.2, -0.15) is 0 Å². The lowest BCUT2D eigenvalue weighted by atomic mass is 9.83. The Balaban J connectivity index is 1.72. The van der Waals surface area contributed by atoms with E-state index in [1.165, 1.54) is 0 Å². The summed E-state index contributed by atoms with van der Waals surface area (Å²) >= 11 is 0. The number of hydrogen-bond acceptors (Lipinski definition) is 12. The van der Waals surface area contributed by atoms with E-state index in [-0.39, 0.29) is 18.9 Å². The smallest absolute Gasteiger partial charge is 0.224 e. The van der Waals surface area contributed by atoms with Crippen molar-refractivity contribution >= 4 is 43.5 Å². The van der Waals surface area contributed by atoms with Crippen molar-refractivity contribution in [3.8, 4) is 0 Å². The Morgan fingerprint density at radius 1 is 0.884 bits per heavy atom. The maximum absolute atomic E-state index is 13.1. The number of carbonyl (C=O) groups is 1. The zero-order chi connectivity index (χ0) is 31.2. The highest BCUT2D eigenvalue weighted by Gasteiger charge is 2.50. The first-order valence-electron chi connectivity index (χ1n) is 14.6. The average molecular weight is 683 g/mol. The third-order valence-electron chi connectivity index (χ3n) is 7.76. The van der Waals surface area contributed by atoms with Crippen molar-refractivity contribution < 1.29 is 34.3 Å². The van der Waals surface area contributed by atoms with Crippen molar-refractivity contribution in [1.29, 1.82) is 0 Å². The molecule has 0 spiro atoms. The second kappa shape index (κ2) is 20.3. The maximum Gasteiger partial charge on any atom is 0.224 e. The highest BCUT2D eigenvalue weighted by Crippen LogP contribution is 2.31. The van der Waals surface area contributed by atoms with Crippen LogP contribution in [0.15, 0.2) is 30.3 Å². The van der Waals surface area contributed by atoms with E-state index in [4.69, 9.17) is 14.2 Å². The van der Waals surface area contributed by atoms with Crippen molar-refractivity contribution in [3.05, 3.63) is 35.9 Å². The third kappa shape index (κ3) is 11.3. The van der Waals surface area contributed by atoms with Crippen LogP contribution < -0.4 is 31.0 Å². The molecule has 0 aromatic heterocycles. The molecule has 0 radical (unpaired) electrons. The second-order valence-electron chi connectivity index (χ2n) is 10.8. The monoisotopic (exact) mass is 682 g/mol. The molecule has 9 N–H and O–H groups in total. The first-order valence-corrected chi connectivity index (χ1v) is 16.9. The molecule has 1 aromatic rings. The molecule has 3 rings (SSSR count). The summed E-state index contributed by atoms with van der Waals surface area (Å²) in [5.74, 6) is -0.174. The van der Waals surface area contributed by atoms with E-state index in [9.17, 15) is 20.1 Å². The number of unbranched alkanes of at least 4 members (excludes halogenated alkanes) is 1. The molecule has 8 unspecified atom stereocenters. The predicted octanol–water partition coefficient (Wildman–Crippen LogP) is -1.68. The molecule has 1 heterocycles. The van der Waals surface area contributed by atoms with Gasteiger partial charge in [-0.15, -0.1) is 0 Å². The molecular weight excluding hydrogens is 632 g/mol. The Morgan fingerprint density at radius 3 is 2.30 bits per heavy atom. The number of benzene rings is 1. The van der Waals surface area contributed by atoms with Crippen molar-refractivity contribution in [3.63, 3.8) is 0 Å². The van der Waals surface area contributed by atoms with E-state index in [1.807, 2.05) is 30.3 Å². The number of aliphatic hydroxyl groups excluding tert-OH is 3. The number of rotatable bonds is 18. The van der Waals surface area contributed by atoms with Crippen molar-refractivity contribution in [2.75, 3.05) is 32.8 Å². The summed E-state index contributed by atoms with van der Waals surface area (Å²) < 4.78 is 18.6. The summed E-state index contributed by atoms with van der Waals surface area (Å²) in [6.45, 7) is 2.93. The van der Waals surface area contributed by atoms with Gasteiger partial charge in [-0.05, 0) is 37.9 Å². The van der Waals surface area contributed by atoms with Gasteiger partial charge in [0, 0.05) is 19.1 Å². The number of aliphatic hydroxyl groups is 3. The van der Waals surface area contributed by atoms with Gasteiger partial charge in [0.15, 0.2) is 6.29 Å². The highest BCUT2D eigenvalue weighted by molar-refractivity contribution is 7.14. The molecule has 2 aliphatic rings. The van der Waals surface area contributed by atoms with Crippen LogP contribution in [0.1, 0.15) is 24.8 Å². The molecule has 14 atom stereocenters. The zero-order valence-electron chi connectivity index (χ0n) is 24.3. The molecule has 0 bridgehead atoms. The fraction of sp³-hybridized carbons (Fsp3) is 0.731. The largest absolute Gasteiger partial charge is 0.388 e. The second-order valence-corrected chi connectivity index (χ2v) is 12.3. The van der Waals surface area contributed by atoms with Crippen LogP contribution in [0.2, 0.25) is 0 Å². The van der Waals surface area contributed by atoms with Gasteiger partial charge in [-0.25, -0.2) is 0 Å². The Labute approximate surface area is 263 Å². The summed E-state index contributed by atoms with van der Waals surface area (Å²) in [7, 11) is 9.63. The van der Waals surface area contributed by atoms with E-state index in [0.29, 0.717) is 19.6 Å². The Kier molecular flexibility index (Phi) is 17.6. The normalized spacial score (nSPS) is 32.9. The van der Waals surface area contributed by atoms with Gasteiger partial charge in [0.25, 0.3) is 0 Å². The topological polar surface area (TPSA) is 178 Å². The fourth-order valence-electron chi connectivity index (χ4n) is 5.47. The lowest BCUT2D eigenvalue weighted by Gasteiger charge is -2.48. The van der Waals surface area contributed by atoms with Crippen LogP contribution in [-0.4, -0.2) is 115 Å². The molecule has 13 nitrogen and oxygen atoms in total. The molecular formula is C26H50N6O7P4. The minimum absolute atomic E-state index is 0.174. The first kappa shape index (κ1) is 37.4. The SMILES string of the molecule is O=C(Cc1ccccc1)N[C@@H]1CC(NP)[C@@H](O[C@H]2OC(CNP)[C@@H](O)[C@H](O)C2NP)[C@H](O)C1OCCNCCCCNP. The van der Waals surface area contributed by atoms with Crippen molar-refractivity contribution in [1.82, 2.24) is 31.0 Å². The standard InChI is InChI=1S/C26H50N6O7P4/c33-19(12-15-6-2-1-3-7-15)30-16-13-17(31-42)25(23(36)24(16)37-11-10-27-8-4-5-9-28-40)39-26-20(32-43)22(35)21(34)18(38-26)14-29-41/h1-3,6-7,16-18,20-29,31-32,34-36H,4-5,8-14,40-43H2,(H,30,33)/t16-,17?,18?,20?,21-,22-,23-,24?,25-,26-/m1/s1. The summed E-state index contributed by atoms with van der Waals surface area (Å²) in [4.78, 5) is 13.1. The van der Waals surface area contributed by atoms with Crippen LogP contribution in [0.25, 0.3) is 0 Å². The molecule has 1 saturated carbocycles.